The summed E-state index contributed by atoms with van der Waals surface area (Å²) in [4.78, 5) is 2.41. The van der Waals surface area contributed by atoms with Crippen molar-refractivity contribution in [2.75, 3.05) is 39.4 Å². The Morgan fingerprint density at radius 2 is 2.06 bits per heavy atom. The summed E-state index contributed by atoms with van der Waals surface area (Å²) in [6, 6.07) is 8.11. The summed E-state index contributed by atoms with van der Waals surface area (Å²) in [5.74, 6) is 0.927. The van der Waals surface area contributed by atoms with Crippen molar-refractivity contribution in [2.45, 2.75) is 12.0 Å². The zero-order valence-electron chi connectivity index (χ0n) is 10.6. The van der Waals surface area contributed by atoms with E-state index in [1.54, 1.807) is 0 Å². The van der Waals surface area contributed by atoms with Crippen molar-refractivity contribution in [2.24, 2.45) is 0 Å². The first-order valence-electron chi connectivity index (χ1n) is 6.66. The maximum absolute atomic E-state index is 10.0. The van der Waals surface area contributed by atoms with Gasteiger partial charge in [-0.25, -0.2) is 0 Å². The number of para-hydroxylation sites is 1. The fourth-order valence-electron chi connectivity index (χ4n) is 3.13. The van der Waals surface area contributed by atoms with E-state index in [0.717, 1.165) is 43.9 Å². The highest BCUT2D eigenvalue weighted by Gasteiger charge is 2.42. The maximum Gasteiger partial charge on any atom is 0.124 e. The SMILES string of the molecule is OCC1(N2CCNCC2)CCOc2ccccc21. The Bertz CT molecular complexity index is 418. The van der Waals surface area contributed by atoms with Gasteiger partial charge in [0.1, 0.15) is 5.75 Å². The maximum atomic E-state index is 10.0. The number of ether oxygens (including phenoxy) is 1. The number of rotatable bonds is 2. The lowest BCUT2D eigenvalue weighted by Crippen LogP contribution is -2.57. The van der Waals surface area contributed by atoms with Crippen LogP contribution < -0.4 is 10.1 Å². The Balaban J connectivity index is 2.01. The highest BCUT2D eigenvalue weighted by molar-refractivity contribution is 5.41. The fourth-order valence-corrected chi connectivity index (χ4v) is 3.13. The topological polar surface area (TPSA) is 44.7 Å². The van der Waals surface area contributed by atoms with Crippen LogP contribution in [0.2, 0.25) is 0 Å². The fraction of sp³-hybridized carbons (Fsp3) is 0.571. The van der Waals surface area contributed by atoms with Crippen molar-refractivity contribution in [3.63, 3.8) is 0 Å². The Morgan fingerprint density at radius 1 is 1.28 bits per heavy atom. The molecule has 0 aliphatic carbocycles. The predicted octanol–water partition coefficient (Wildman–Crippen LogP) is 0.562. The molecular formula is C14H20N2O2. The van der Waals surface area contributed by atoms with Crippen LogP contribution in [0, 0.1) is 0 Å². The van der Waals surface area contributed by atoms with Crippen LogP contribution in [0.25, 0.3) is 0 Å². The number of benzene rings is 1. The van der Waals surface area contributed by atoms with Gasteiger partial charge in [0.25, 0.3) is 0 Å². The first-order valence-corrected chi connectivity index (χ1v) is 6.66. The smallest absolute Gasteiger partial charge is 0.124 e. The van der Waals surface area contributed by atoms with Gasteiger partial charge in [-0.15, -0.1) is 0 Å². The predicted molar refractivity (Wildman–Crippen MR) is 69.8 cm³/mol. The molecule has 0 saturated carbocycles. The van der Waals surface area contributed by atoms with Crippen molar-refractivity contribution < 1.29 is 9.84 Å². The zero-order chi connectivity index (χ0) is 12.4. The Labute approximate surface area is 108 Å². The summed E-state index contributed by atoms with van der Waals surface area (Å²) < 4.78 is 5.72. The lowest BCUT2D eigenvalue weighted by atomic mass is 9.83. The molecule has 0 spiro atoms. The Morgan fingerprint density at radius 3 is 2.83 bits per heavy atom. The third kappa shape index (κ3) is 1.81. The van der Waals surface area contributed by atoms with E-state index < -0.39 is 0 Å². The largest absolute Gasteiger partial charge is 0.493 e. The summed E-state index contributed by atoms with van der Waals surface area (Å²) in [6.07, 6.45) is 0.862. The van der Waals surface area contributed by atoms with Crippen LogP contribution in [0.3, 0.4) is 0 Å². The number of piperazine rings is 1. The molecule has 1 atom stereocenters. The molecule has 0 amide bonds. The lowest BCUT2D eigenvalue weighted by Gasteiger charge is -2.47. The number of aliphatic hydroxyl groups excluding tert-OH is 1. The van der Waals surface area contributed by atoms with Crippen LogP contribution in [0.15, 0.2) is 24.3 Å². The third-order valence-electron chi connectivity index (χ3n) is 4.15. The van der Waals surface area contributed by atoms with Crippen LogP contribution >= 0.6 is 0 Å². The zero-order valence-corrected chi connectivity index (χ0v) is 10.6. The summed E-state index contributed by atoms with van der Waals surface area (Å²) >= 11 is 0. The standard InChI is InChI=1S/C14H20N2O2/c17-11-14(16-8-6-15-7-9-16)5-10-18-13-4-2-1-3-12(13)14/h1-4,15,17H,5-11H2. The van der Waals surface area contributed by atoms with Gasteiger partial charge in [-0.2, -0.15) is 0 Å². The molecule has 1 fully saturated rings. The van der Waals surface area contributed by atoms with E-state index in [2.05, 4.69) is 16.3 Å². The molecule has 1 aromatic carbocycles. The molecule has 1 saturated heterocycles. The second-order valence-electron chi connectivity index (χ2n) is 5.02. The van der Waals surface area contributed by atoms with E-state index >= 15 is 0 Å². The van der Waals surface area contributed by atoms with Crippen LogP contribution in [-0.4, -0.2) is 49.4 Å². The molecule has 98 valence electrons. The Hall–Kier alpha value is -1.10. The van der Waals surface area contributed by atoms with Gasteiger partial charge in [-0.1, -0.05) is 18.2 Å². The van der Waals surface area contributed by atoms with Crippen LogP contribution in [0.1, 0.15) is 12.0 Å². The third-order valence-corrected chi connectivity index (χ3v) is 4.15. The van der Waals surface area contributed by atoms with Gasteiger partial charge in [0.15, 0.2) is 0 Å². The van der Waals surface area contributed by atoms with Crippen molar-refractivity contribution in [3.8, 4) is 5.75 Å². The summed E-state index contributed by atoms with van der Waals surface area (Å²) in [5.41, 5.74) is 0.886. The first-order chi connectivity index (χ1) is 8.87. The molecule has 4 heteroatoms. The molecule has 0 aromatic heterocycles. The minimum Gasteiger partial charge on any atom is -0.493 e. The summed E-state index contributed by atoms with van der Waals surface area (Å²) in [6.45, 7) is 4.79. The van der Waals surface area contributed by atoms with Gasteiger partial charge in [0.2, 0.25) is 0 Å². The molecule has 2 N–H and O–H groups in total. The monoisotopic (exact) mass is 248 g/mol. The minimum atomic E-state index is -0.253. The minimum absolute atomic E-state index is 0.160. The number of nitrogens with zero attached hydrogens (tertiary/aromatic N) is 1. The van der Waals surface area contributed by atoms with E-state index in [4.69, 9.17) is 4.74 Å². The molecule has 1 unspecified atom stereocenters. The molecule has 0 bridgehead atoms. The lowest BCUT2D eigenvalue weighted by molar-refractivity contribution is -0.0116. The van der Waals surface area contributed by atoms with Gasteiger partial charge in [-0.05, 0) is 6.07 Å². The molecule has 2 heterocycles. The average Bonchev–Trinajstić information content (AvgIpc) is 2.47. The average molecular weight is 248 g/mol. The molecule has 0 radical (unpaired) electrons. The molecule has 4 nitrogen and oxygen atoms in total. The molecular weight excluding hydrogens is 228 g/mol. The van der Waals surface area contributed by atoms with Crippen LogP contribution in [0.5, 0.6) is 5.75 Å². The molecule has 3 rings (SSSR count). The summed E-state index contributed by atoms with van der Waals surface area (Å²) in [7, 11) is 0. The van der Waals surface area contributed by atoms with Gasteiger partial charge in [0.05, 0.1) is 18.8 Å². The van der Waals surface area contributed by atoms with E-state index in [1.807, 2.05) is 18.2 Å². The van der Waals surface area contributed by atoms with Crippen molar-refractivity contribution in [1.29, 1.82) is 0 Å². The molecule has 2 aliphatic heterocycles. The van der Waals surface area contributed by atoms with Gasteiger partial charge < -0.3 is 15.2 Å². The highest BCUT2D eigenvalue weighted by Crippen LogP contribution is 2.41. The second-order valence-corrected chi connectivity index (χ2v) is 5.02. The summed E-state index contributed by atoms with van der Waals surface area (Å²) in [5, 5.41) is 13.4. The van der Waals surface area contributed by atoms with E-state index in [-0.39, 0.29) is 12.1 Å². The normalized spacial score (nSPS) is 28.5. The molecule has 1 aromatic rings. The van der Waals surface area contributed by atoms with Crippen molar-refractivity contribution in [1.82, 2.24) is 10.2 Å². The number of fused-ring (bicyclic) bond motifs is 1. The molecule has 18 heavy (non-hydrogen) atoms. The first kappa shape index (κ1) is 12.0. The number of hydrogen-bond acceptors (Lipinski definition) is 4. The van der Waals surface area contributed by atoms with E-state index in [9.17, 15) is 5.11 Å². The van der Waals surface area contributed by atoms with Crippen molar-refractivity contribution >= 4 is 0 Å². The van der Waals surface area contributed by atoms with Crippen molar-refractivity contribution in [3.05, 3.63) is 29.8 Å². The van der Waals surface area contributed by atoms with Gasteiger partial charge >= 0.3 is 0 Å². The number of hydrogen-bond donors (Lipinski definition) is 2. The quantitative estimate of drug-likeness (QED) is 0.803. The van der Waals surface area contributed by atoms with Crippen LogP contribution in [0.4, 0.5) is 0 Å². The molecule has 2 aliphatic rings. The van der Waals surface area contributed by atoms with E-state index in [0.29, 0.717) is 6.61 Å². The Kier molecular flexibility index (Phi) is 3.24. The number of aliphatic hydroxyl groups is 1. The van der Waals surface area contributed by atoms with Gasteiger partial charge in [0, 0.05) is 38.2 Å². The highest BCUT2D eigenvalue weighted by atomic mass is 16.5. The van der Waals surface area contributed by atoms with E-state index in [1.165, 1.54) is 0 Å². The van der Waals surface area contributed by atoms with Crippen LogP contribution in [-0.2, 0) is 5.54 Å². The number of nitrogens with one attached hydrogen (secondary N) is 1. The second kappa shape index (κ2) is 4.88. The van der Waals surface area contributed by atoms with Gasteiger partial charge in [-0.3, -0.25) is 4.90 Å².